The maximum absolute atomic E-state index is 12.2. The SMILES string of the molecule is COc1ccc(C#N)c(N(C)CC(F)F)c1. The first-order valence-electron chi connectivity index (χ1n) is 4.66. The van der Waals surface area contributed by atoms with Crippen LogP contribution in [0, 0.1) is 11.3 Å². The number of methoxy groups -OCH3 is 1. The summed E-state index contributed by atoms with van der Waals surface area (Å²) in [5, 5.41) is 8.86. The van der Waals surface area contributed by atoms with Crippen LogP contribution in [-0.4, -0.2) is 27.1 Å². The lowest BCUT2D eigenvalue weighted by molar-refractivity contribution is 0.156. The lowest BCUT2D eigenvalue weighted by atomic mass is 10.1. The van der Waals surface area contributed by atoms with E-state index < -0.39 is 13.0 Å². The van der Waals surface area contributed by atoms with Crippen molar-refractivity contribution in [3.05, 3.63) is 23.8 Å². The fourth-order valence-corrected chi connectivity index (χ4v) is 1.35. The summed E-state index contributed by atoms with van der Waals surface area (Å²) in [5.74, 6) is 0.537. The first-order valence-corrected chi connectivity index (χ1v) is 4.66. The first kappa shape index (κ1) is 12.2. The highest BCUT2D eigenvalue weighted by Crippen LogP contribution is 2.25. The van der Waals surface area contributed by atoms with E-state index in [1.807, 2.05) is 6.07 Å². The van der Waals surface area contributed by atoms with E-state index in [2.05, 4.69) is 0 Å². The molecule has 0 radical (unpaired) electrons. The third kappa shape index (κ3) is 2.83. The zero-order valence-corrected chi connectivity index (χ0v) is 9.08. The third-order valence-electron chi connectivity index (χ3n) is 2.15. The molecule has 0 atom stereocenters. The standard InChI is InChI=1S/C11H12F2N2O/c1-15(7-11(12)13)10-5-9(16-2)4-3-8(10)6-14/h3-5,11H,7H2,1-2H3. The molecule has 0 heterocycles. The second kappa shape index (κ2) is 5.31. The highest BCUT2D eigenvalue weighted by Gasteiger charge is 2.13. The van der Waals surface area contributed by atoms with Crippen molar-refractivity contribution in [2.75, 3.05) is 25.6 Å². The molecule has 0 aliphatic rings. The Kier molecular flexibility index (Phi) is 4.06. The van der Waals surface area contributed by atoms with Crippen LogP contribution in [-0.2, 0) is 0 Å². The summed E-state index contributed by atoms with van der Waals surface area (Å²) >= 11 is 0. The Bertz CT molecular complexity index is 401. The summed E-state index contributed by atoms with van der Waals surface area (Å²) < 4.78 is 29.5. The molecule has 5 heteroatoms. The number of anilines is 1. The van der Waals surface area contributed by atoms with Gasteiger partial charge in [0.15, 0.2) is 0 Å². The molecule has 0 aliphatic heterocycles. The van der Waals surface area contributed by atoms with Gasteiger partial charge in [-0.3, -0.25) is 0 Å². The van der Waals surface area contributed by atoms with Crippen LogP contribution in [0.15, 0.2) is 18.2 Å². The Balaban J connectivity index is 3.04. The van der Waals surface area contributed by atoms with Crippen LogP contribution in [0.3, 0.4) is 0 Å². The minimum atomic E-state index is -2.44. The molecule has 0 saturated carbocycles. The van der Waals surface area contributed by atoms with E-state index in [0.29, 0.717) is 17.0 Å². The van der Waals surface area contributed by atoms with Gasteiger partial charge in [0.25, 0.3) is 6.43 Å². The van der Waals surface area contributed by atoms with Gasteiger partial charge in [-0.1, -0.05) is 0 Å². The molecule has 16 heavy (non-hydrogen) atoms. The zero-order chi connectivity index (χ0) is 12.1. The van der Waals surface area contributed by atoms with Crippen LogP contribution in [0.5, 0.6) is 5.75 Å². The Labute approximate surface area is 92.9 Å². The zero-order valence-electron chi connectivity index (χ0n) is 9.08. The first-order chi connectivity index (χ1) is 7.58. The van der Waals surface area contributed by atoms with Crippen molar-refractivity contribution >= 4 is 5.69 Å². The molecule has 0 aliphatic carbocycles. The summed E-state index contributed by atoms with van der Waals surface area (Å²) in [6.45, 7) is -0.415. The topological polar surface area (TPSA) is 36.3 Å². The summed E-state index contributed by atoms with van der Waals surface area (Å²) in [6, 6.07) is 6.70. The van der Waals surface area contributed by atoms with E-state index in [1.54, 1.807) is 18.2 Å². The number of nitrogens with zero attached hydrogens (tertiary/aromatic N) is 2. The second-order valence-electron chi connectivity index (χ2n) is 3.27. The van der Waals surface area contributed by atoms with Gasteiger partial charge < -0.3 is 9.64 Å². The van der Waals surface area contributed by atoms with E-state index in [4.69, 9.17) is 10.00 Å². The number of nitriles is 1. The fraction of sp³-hybridized carbons (Fsp3) is 0.364. The Morgan fingerprint density at radius 1 is 1.50 bits per heavy atom. The number of rotatable bonds is 4. The van der Waals surface area contributed by atoms with E-state index in [9.17, 15) is 8.78 Å². The summed E-state index contributed by atoms with van der Waals surface area (Å²) in [6.07, 6.45) is -2.44. The molecule has 86 valence electrons. The fourth-order valence-electron chi connectivity index (χ4n) is 1.35. The van der Waals surface area contributed by atoms with Crippen molar-refractivity contribution in [2.24, 2.45) is 0 Å². The smallest absolute Gasteiger partial charge is 0.255 e. The predicted octanol–water partition coefficient (Wildman–Crippen LogP) is 2.27. The van der Waals surface area contributed by atoms with Crippen LogP contribution in [0.4, 0.5) is 14.5 Å². The highest BCUT2D eigenvalue weighted by atomic mass is 19.3. The third-order valence-corrected chi connectivity index (χ3v) is 2.15. The van der Waals surface area contributed by atoms with Crippen molar-refractivity contribution in [3.8, 4) is 11.8 Å². The quantitative estimate of drug-likeness (QED) is 0.790. The maximum Gasteiger partial charge on any atom is 0.255 e. The normalized spacial score (nSPS) is 10.0. The van der Waals surface area contributed by atoms with Crippen LogP contribution in [0.2, 0.25) is 0 Å². The number of ether oxygens (including phenoxy) is 1. The lowest BCUT2D eigenvalue weighted by Crippen LogP contribution is -2.24. The van der Waals surface area contributed by atoms with Gasteiger partial charge in [0.2, 0.25) is 0 Å². The van der Waals surface area contributed by atoms with Crippen molar-refractivity contribution in [1.29, 1.82) is 5.26 Å². The molecular formula is C11H12F2N2O. The second-order valence-corrected chi connectivity index (χ2v) is 3.27. The van der Waals surface area contributed by atoms with E-state index in [-0.39, 0.29) is 0 Å². The molecule has 0 aromatic heterocycles. The lowest BCUT2D eigenvalue weighted by Gasteiger charge is -2.20. The van der Waals surface area contributed by atoms with E-state index in [0.717, 1.165) is 0 Å². The molecule has 0 unspecified atom stereocenters. The number of alkyl halides is 2. The minimum Gasteiger partial charge on any atom is -0.497 e. The van der Waals surface area contributed by atoms with Crippen LogP contribution < -0.4 is 9.64 Å². The van der Waals surface area contributed by atoms with Crippen molar-refractivity contribution in [2.45, 2.75) is 6.43 Å². The van der Waals surface area contributed by atoms with Gasteiger partial charge in [-0.25, -0.2) is 8.78 Å². The van der Waals surface area contributed by atoms with Crippen LogP contribution in [0.1, 0.15) is 5.56 Å². The molecule has 0 fully saturated rings. The number of hydrogen-bond acceptors (Lipinski definition) is 3. The van der Waals surface area contributed by atoms with Crippen LogP contribution in [0.25, 0.3) is 0 Å². The molecule has 1 aromatic carbocycles. The average Bonchev–Trinajstić information content (AvgIpc) is 2.27. The Hall–Kier alpha value is -1.83. The molecular weight excluding hydrogens is 214 g/mol. The van der Waals surface area contributed by atoms with E-state index in [1.165, 1.54) is 19.1 Å². The summed E-state index contributed by atoms with van der Waals surface area (Å²) in [7, 11) is 3.00. The molecule has 1 rings (SSSR count). The molecule has 0 amide bonds. The molecule has 0 bridgehead atoms. The molecule has 1 aromatic rings. The van der Waals surface area contributed by atoms with Gasteiger partial charge >= 0.3 is 0 Å². The highest BCUT2D eigenvalue weighted by molar-refractivity contribution is 5.61. The van der Waals surface area contributed by atoms with Crippen molar-refractivity contribution in [1.82, 2.24) is 0 Å². The van der Waals surface area contributed by atoms with Crippen molar-refractivity contribution in [3.63, 3.8) is 0 Å². The summed E-state index contributed by atoms with van der Waals surface area (Å²) in [4.78, 5) is 1.34. The van der Waals surface area contributed by atoms with Crippen molar-refractivity contribution < 1.29 is 13.5 Å². The Morgan fingerprint density at radius 3 is 2.69 bits per heavy atom. The van der Waals surface area contributed by atoms with E-state index >= 15 is 0 Å². The number of halogens is 2. The summed E-state index contributed by atoms with van der Waals surface area (Å²) in [5.41, 5.74) is 0.797. The van der Waals surface area contributed by atoms with Gasteiger partial charge in [-0.05, 0) is 12.1 Å². The maximum atomic E-state index is 12.2. The Morgan fingerprint density at radius 2 is 2.19 bits per heavy atom. The monoisotopic (exact) mass is 226 g/mol. The van der Waals surface area contributed by atoms with Gasteiger partial charge in [-0.15, -0.1) is 0 Å². The predicted molar refractivity (Wildman–Crippen MR) is 57.0 cm³/mol. The van der Waals surface area contributed by atoms with Gasteiger partial charge in [0.05, 0.1) is 24.9 Å². The van der Waals surface area contributed by atoms with Gasteiger partial charge in [-0.2, -0.15) is 5.26 Å². The molecule has 0 spiro atoms. The number of benzene rings is 1. The molecule has 0 saturated heterocycles. The van der Waals surface area contributed by atoms with Gasteiger partial charge in [0.1, 0.15) is 11.8 Å². The average molecular weight is 226 g/mol. The number of hydrogen-bond donors (Lipinski definition) is 0. The molecule has 0 N–H and O–H groups in total. The van der Waals surface area contributed by atoms with Crippen LogP contribution >= 0.6 is 0 Å². The minimum absolute atomic E-state index is 0.351. The van der Waals surface area contributed by atoms with Gasteiger partial charge in [0, 0.05) is 13.1 Å². The molecule has 3 nitrogen and oxygen atoms in total. The largest absolute Gasteiger partial charge is 0.497 e.